The predicted molar refractivity (Wildman–Crippen MR) is 58.2 cm³/mol. The van der Waals surface area contributed by atoms with Crippen LogP contribution in [0.4, 0.5) is 4.39 Å². The number of benzene rings is 1. The molecule has 0 spiro atoms. The van der Waals surface area contributed by atoms with Crippen molar-refractivity contribution in [2.75, 3.05) is 0 Å². The van der Waals surface area contributed by atoms with E-state index in [0.29, 0.717) is 4.47 Å². The third-order valence-electron chi connectivity index (χ3n) is 1.43. The van der Waals surface area contributed by atoms with Crippen molar-refractivity contribution in [2.45, 2.75) is 6.42 Å². The Hall–Kier alpha value is -0.170. The summed E-state index contributed by atoms with van der Waals surface area (Å²) in [4.78, 5) is 10.3. The van der Waals surface area contributed by atoms with Crippen molar-refractivity contribution in [3.63, 3.8) is 0 Å². The van der Waals surface area contributed by atoms with Crippen molar-refractivity contribution in [3.05, 3.63) is 31.6 Å². The van der Waals surface area contributed by atoms with Crippen LogP contribution in [0.25, 0.3) is 0 Å². The first kappa shape index (κ1) is 10.9. The molecule has 0 fully saturated rings. The lowest BCUT2D eigenvalue weighted by Crippen LogP contribution is -2.02. The first-order valence-electron chi connectivity index (χ1n) is 3.36. The summed E-state index contributed by atoms with van der Waals surface area (Å²) in [5.41, 5.74) is 0.194. The van der Waals surface area contributed by atoms with Crippen LogP contribution in [0.3, 0.4) is 0 Å². The fourth-order valence-corrected chi connectivity index (χ4v) is 1.68. The van der Waals surface area contributed by atoms with Gasteiger partial charge in [-0.3, -0.25) is 4.79 Å². The van der Waals surface area contributed by atoms with E-state index in [1.807, 2.05) is 22.6 Å². The van der Waals surface area contributed by atoms with Crippen LogP contribution < -0.4 is 0 Å². The lowest BCUT2D eigenvalue weighted by atomic mass is 10.1. The van der Waals surface area contributed by atoms with Crippen LogP contribution in [0.5, 0.6) is 0 Å². The Kier molecular flexibility index (Phi) is 3.66. The van der Waals surface area contributed by atoms with Crippen molar-refractivity contribution in [1.82, 2.24) is 0 Å². The fourth-order valence-electron chi connectivity index (χ4n) is 0.862. The minimum Gasteiger partial charge on any atom is -0.481 e. The Morgan fingerprint density at radius 1 is 1.62 bits per heavy atom. The van der Waals surface area contributed by atoms with Gasteiger partial charge in [0.2, 0.25) is 0 Å². The molecule has 0 saturated carbocycles. The monoisotopic (exact) mass is 358 g/mol. The van der Waals surface area contributed by atoms with Crippen LogP contribution in [-0.4, -0.2) is 11.1 Å². The van der Waals surface area contributed by atoms with Crippen LogP contribution in [0, 0.1) is 9.39 Å². The molecule has 0 aliphatic heterocycles. The van der Waals surface area contributed by atoms with Gasteiger partial charge in [-0.05, 0) is 50.7 Å². The highest BCUT2D eigenvalue weighted by Gasteiger charge is 2.09. The Labute approximate surface area is 96.4 Å². The summed E-state index contributed by atoms with van der Waals surface area (Å²) in [6.45, 7) is 0. The smallest absolute Gasteiger partial charge is 0.307 e. The normalized spacial score (nSPS) is 10.1. The van der Waals surface area contributed by atoms with Crippen molar-refractivity contribution in [1.29, 1.82) is 0 Å². The maximum atomic E-state index is 13.1. The number of aliphatic carboxylic acids is 1. The van der Waals surface area contributed by atoms with Gasteiger partial charge in [0, 0.05) is 13.6 Å². The molecule has 1 aromatic rings. The zero-order chi connectivity index (χ0) is 10.0. The Balaban J connectivity index is 3.08. The number of rotatable bonds is 2. The minimum atomic E-state index is -1.04. The van der Waals surface area contributed by atoms with Crippen LogP contribution >= 0.6 is 38.5 Å². The third kappa shape index (κ3) is 2.91. The molecular formula is C8H5BrFIO2. The lowest BCUT2D eigenvalue weighted by Gasteiger charge is -2.02. The molecule has 0 unspecified atom stereocenters. The molecule has 0 aliphatic carbocycles. The summed E-state index contributed by atoms with van der Waals surface area (Å²) in [6.07, 6.45) is -0.290. The number of hydrogen-bond donors (Lipinski definition) is 1. The van der Waals surface area contributed by atoms with Crippen molar-refractivity contribution in [3.8, 4) is 0 Å². The van der Waals surface area contributed by atoms with Crippen LogP contribution in [0.2, 0.25) is 0 Å². The second kappa shape index (κ2) is 4.36. The van der Waals surface area contributed by atoms with Gasteiger partial charge in [0.05, 0.1) is 6.42 Å². The second-order valence-electron chi connectivity index (χ2n) is 2.43. The van der Waals surface area contributed by atoms with Gasteiger partial charge in [0.15, 0.2) is 0 Å². The maximum Gasteiger partial charge on any atom is 0.307 e. The average Bonchev–Trinajstić information content (AvgIpc) is 1.99. The molecule has 0 radical (unpaired) electrons. The van der Waals surface area contributed by atoms with E-state index in [4.69, 9.17) is 5.11 Å². The summed E-state index contributed by atoms with van der Waals surface area (Å²) in [7, 11) is 0. The number of carboxylic acid groups (broad SMARTS) is 1. The number of halogens is 3. The topological polar surface area (TPSA) is 37.3 Å². The summed E-state index contributed by atoms with van der Waals surface area (Å²) in [5.74, 6) is -1.51. The fraction of sp³-hybridized carbons (Fsp3) is 0.125. The van der Waals surface area contributed by atoms with E-state index in [-0.39, 0.29) is 12.0 Å². The molecule has 5 heteroatoms. The van der Waals surface area contributed by atoms with Gasteiger partial charge in [-0.2, -0.15) is 0 Å². The zero-order valence-electron chi connectivity index (χ0n) is 6.35. The van der Waals surface area contributed by atoms with Gasteiger partial charge >= 0.3 is 5.97 Å². The quantitative estimate of drug-likeness (QED) is 0.652. The predicted octanol–water partition coefficient (Wildman–Crippen LogP) is 2.82. The van der Waals surface area contributed by atoms with Gasteiger partial charge in [-0.25, -0.2) is 4.39 Å². The highest BCUT2D eigenvalue weighted by Crippen LogP contribution is 2.23. The summed E-state index contributed by atoms with van der Waals surface area (Å²) < 4.78 is 14.5. The van der Waals surface area contributed by atoms with Crippen molar-refractivity contribution >= 4 is 44.5 Å². The van der Waals surface area contributed by atoms with Gasteiger partial charge < -0.3 is 5.11 Å². The van der Waals surface area contributed by atoms with Crippen LogP contribution in [0.15, 0.2) is 16.6 Å². The van der Waals surface area contributed by atoms with Gasteiger partial charge in [-0.1, -0.05) is 0 Å². The Morgan fingerprint density at radius 3 is 2.77 bits per heavy atom. The summed E-state index contributed by atoms with van der Waals surface area (Å²) in [6, 6.07) is 2.80. The lowest BCUT2D eigenvalue weighted by molar-refractivity contribution is -0.136. The Bertz CT molecular complexity index is 354. The van der Waals surface area contributed by atoms with Crippen LogP contribution in [0.1, 0.15) is 5.56 Å². The molecule has 0 bridgehead atoms. The standard InChI is InChI=1S/C8H5BrFIO2/c9-5-1-4(2-8(12)13)6(10)3-7(5)11/h1,3H,2H2,(H,12,13). The van der Waals surface area contributed by atoms with E-state index in [1.54, 1.807) is 0 Å². The SMILES string of the molecule is O=C(O)Cc1cc(Br)c(I)cc1F. The maximum absolute atomic E-state index is 13.1. The van der Waals surface area contributed by atoms with E-state index in [1.165, 1.54) is 12.1 Å². The molecule has 0 saturated heterocycles. The number of carboxylic acids is 1. The van der Waals surface area contributed by atoms with Gasteiger partial charge in [0.1, 0.15) is 5.82 Å². The van der Waals surface area contributed by atoms with Crippen LogP contribution in [-0.2, 0) is 11.2 Å². The van der Waals surface area contributed by atoms with E-state index in [2.05, 4.69) is 15.9 Å². The zero-order valence-corrected chi connectivity index (χ0v) is 10.1. The Morgan fingerprint density at radius 2 is 2.23 bits per heavy atom. The summed E-state index contributed by atoms with van der Waals surface area (Å²) in [5, 5.41) is 8.47. The molecule has 0 amide bonds. The first-order valence-corrected chi connectivity index (χ1v) is 5.23. The molecule has 1 aromatic carbocycles. The van der Waals surface area contributed by atoms with Gasteiger partial charge in [0.25, 0.3) is 0 Å². The van der Waals surface area contributed by atoms with E-state index in [0.717, 1.165) is 3.57 Å². The van der Waals surface area contributed by atoms with Crippen molar-refractivity contribution in [2.24, 2.45) is 0 Å². The van der Waals surface area contributed by atoms with Gasteiger partial charge in [-0.15, -0.1) is 0 Å². The molecular weight excluding hydrogens is 354 g/mol. The molecule has 0 aliphatic rings. The largest absolute Gasteiger partial charge is 0.481 e. The molecule has 0 heterocycles. The molecule has 1 N–H and O–H groups in total. The number of hydrogen-bond acceptors (Lipinski definition) is 1. The van der Waals surface area contributed by atoms with Crippen molar-refractivity contribution < 1.29 is 14.3 Å². The molecule has 70 valence electrons. The third-order valence-corrected chi connectivity index (χ3v) is 3.72. The molecule has 0 atom stereocenters. The van der Waals surface area contributed by atoms with E-state index in [9.17, 15) is 9.18 Å². The number of carbonyl (C=O) groups is 1. The highest BCUT2D eigenvalue weighted by molar-refractivity contribution is 14.1. The van der Waals surface area contributed by atoms with E-state index < -0.39 is 11.8 Å². The summed E-state index contributed by atoms with van der Waals surface area (Å²) >= 11 is 5.17. The molecule has 0 aromatic heterocycles. The molecule has 13 heavy (non-hydrogen) atoms. The molecule has 2 nitrogen and oxygen atoms in total. The van der Waals surface area contributed by atoms with E-state index >= 15 is 0 Å². The average molecular weight is 359 g/mol. The second-order valence-corrected chi connectivity index (χ2v) is 4.44. The highest BCUT2D eigenvalue weighted by atomic mass is 127. The first-order chi connectivity index (χ1) is 6.00. The minimum absolute atomic E-state index is 0.194. The molecule has 1 rings (SSSR count).